The van der Waals surface area contributed by atoms with Gasteiger partial charge in [0.25, 0.3) is 0 Å². The summed E-state index contributed by atoms with van der Waals surface area (Å²) in [6, 6.07) is 9.95. The van der Waals surface area contributed by atoms with Crippen molar-refractivity contribution in [2.75, 3.05) is 44.6 Å². The van der Waals surface area contributed by atoms with Gasteiger partial charge in [-0.15, -0.1) is 12.4 Å². The number of rotatable bonds is 8. The van der Waals surface area contributed by atoms with E-state index >= 15 is 0 Å². The number of nitrogens with two attached hydrogens (primary N) is 2. The number of aliphatic hydroxyl groups is 1. The maximum Gasteiger partial charge on any atom is 0.354 e. The third kappa shape index (κ3) is 8.04. The quantitative estimate of drug-likeness (QED) is 0.355. The lowest BCUT2D eigenvalue weighted by Gasteiger charge is -2.37. The first-order valence-corrected chi connectivity index (χ1v) is 14.0. The molecule has 1 aliphatic carbocycles. The Balaban J connectivity index is 0.00000462. The van der Waals surface area contributed by atoms with Gasteiger partial charge in [-0.25, -0.2) is 9.59 Å². The number of amides is 3. The molecular weight excluding hydrogens is 548 g/mol. The van der Waals surface area contributed by atoms with E-state index in [0.717, 1.165) is 38.8 Å². The summed E-state index contributed by atoms with van der Waals surface area (Å²) in [5.41, 5.74) is 11.9. The van der Waals surface area contributed by atoms with Crippen LogP contribution in [0.2, 0.25) is 0 Å². The number of nitrogens with zero attached hydrogens (tertiary/aromatic N) is 5. The van der Waals surface area contributed by atoms with Crippen LogP contribution in [0, 0.1) is 0 Å². The molecule has 6 N–H and O–H groups in total. The van der Waals surface area contributed by atoms with E-state index in [0.29, 0.717) is 44.0 Å². The zero-order chi connectivity index (χ0) is 28.9. The van der Waals surface area contributed by atoms with Gasteiger partial charge in [-0.3, -0.25) is 19.6 Å². The normalized spacial score (nSPS) is 20.7. The molecule has 41 heavy (non-hydrogen) atoms. The zero-order valence-electron chi connectivity index (χ0n) is 23.9. The maximum atomic E-state index is 12.8. The highest BCUT2D eigenvalue weighted by atomic mass is 35.5. The summed E-state index contributed by atoms with van der Waals surface area (Å²) in [5, 5.41) is 12.0. The van der Waals surface area contributed by atoms with Crippen molar-refractivity contribution in [3.05, 3.63) is 52.6 Å². The first-order chi connectivity index (χ1) is 19.1. The standard InChI is InChI=1S/C28H42N8O4.ClH/c1-3-33(22-10-6-21(29)7-11-22)18-20-4-8-23(9-5-20)36-13-12-24(32-27(36)40)31-26(39)35-16-14-34(15-17-35)25(38)28(2,30)19-37;/h4-5,8-9,12-13,21-22,37H,3,6-7,10-11,14-19,29-30H2,1-2H3,(H,31,32,39,40);1H/t21-,22-,28?;. The fraction of sp³-hybridized carbons (Fsp3) is 0.571. The Labute approximate surface area is 247 Å². The zero-order valence-corrected chi connectivity index (χ0v) is 24.7. The van der Waals surface area contributed by atoms with Crippen molar-refractivity contribution in [1.82, 2.24) is 24.3 Å². The molecule has 1 atom stereocenters. The van der Waals surface area contributed by atoms with E-state index in [2.05, 4.69) is 22.1 Å². The number of hydrogen-bond acceptors (Lipinski definition) is 8. The molecule has 1 aliphatic heterocycles. The highest BCUT2D eigenvalue weighted by Crippen LogP contribution is 2.24. The number of halogens is 1. The Bertz CT molecular complexity index is 1220. The van der Waals surface area contributed by atoms with Gasteiger partial charge in [-0.05, 0) is 62.9 Å². The number of piperazine rings is 1. The van der Waals surface area contributed by atoms with Crippen LogP contribution in [-0.4, -0.2) is 98.2 Å². The fourth-order valence-electron chi connectivity index (χ4n) is 5.36. The number of aliphatic hydroxyl groups excluding tert-OH is 1. The second kappa shape index (κ2) is 14.2. The smallest absolute Gasteiger partial charge is 0.354 e. The van der Waals surface area contributed by atoms with Gasteiger partial charge in [-0.1, -0.05) is 19.1 Å². The first-order valence-electron chi connectivity index (χ1n) is 14.0. The van der Waals surface area contributed by atoms with Crippen molar-refractivity contribution >= 4 is 30.2 Å². The summed E-state index contributed by atoms with van der Waals surface area (Å²) in [5.74, 6) is -0.201. The van der Waals surface area contributed by atoms with Gasteiger partial charge in [0.05, 0.1) is 12.3 Å². The molecule has 4 rings (SSSR count). The Morgan fingerprint density at radius 3 is 2.24 bits per heavy atom. The Morgan fingerprint density at radius 2 is 1.68 bits per heavy atom. The number of hydrogen-bond donors (Lipinski definition) is 4. The van der Waals surface area contributed by atoms with Gasteiger partial charge in [-0.2, -0.15) is 4.98 Å². The van der Waals surface area contributed by atoms with Gasteiger partial charge in [0.2, 0.25) is 5.91 Å². The molecule has 1 aromatic carbocycles. The van der Waals surface area contributed by atoms with Crippen LogP contribution in [0.5, 0.6) is 0 Å². The molecule has 12 nitrogen and oxygen atoms in total. The minimum absolute atomic E-state index is 0. The Hall–Kier alpha value is -3.03. The number of nitrogens with one attached hydrogen (secondary N) is 1. The molecule has 2 aliphatic rings. The number of benzene rings is 1. The minimum atomic E-state index is -1.35. The SMILES string of the molecule is CCN(Cc1ccc(-n2ccc(NC(=O)N3CCN(C(=O)C(C)(N)CO)CC3)nc2=O)cc1)[C@H]1CC[C@H](N)CC1.Cl. The van der Waals surface area contributed by atoms with Crippen LogP contribution < -0.4 is 22.5 Å². The van der Waals surface area contributed by atoms with E-state index < -0.39 is 23.9 Å². The van der Waals surface area contributed by atoms with E-state index in [-0.39, 0.29) is 24.1 Å². The lowest BCUT2D eigenvalue weighted by atomic mass is 9.90. The maximum absolute atomic E-state index is 12.8. The van der Waals surface area contributed by atoms with Crippen LogP contribution >= 0.6 is 12.4 Å². The van der Waals surface area contributed by atoms with Crippen molar-refractivity contribution < 1.29 is 14.7 Å². The van der Waals surface area contributed by atoms with Crippen molar-refractivity contribution in [2.45, 2.75) is 63.7 Å². The molecule has 2 aromatic rings. The van der Waals surface area contributed by atoms with Crippen LogP contribution in [0.1, 0.15) is 45.1 Å². The monoisotopic (exact) mass is 590 g/mol. The number of urea groups is 1. The molecule has 1 aromatic heterocycles. The van der Waals surface area contributed by atoms with Gasteiger partial charge in [0.15, 0.2) is 0 Å². The predicted molar refractivity (Wildman–Crippen MR) is 160 cm³/mol. The number of aromatic nitrogens is 2. The van der Waals surface area contributed by atoms with Gasteiger partial charge >= 0.3 is 11.7 Å². The third-order valence-electron chi connectivity index (χ3n) is 7.97. The molecule has 0 spiro atoms. The molecule has 1 saturated heterocycles. The Kier molecular flexibility index (Phi) is 11.3. The van der Waals surface area contributed by atoms with Crippen LogP contribution in [0.15, 0.2) is 41.3 Å². The topological polar surface area (TPSA) is 163 Å². The van der Waals surface area contributed by atoms with Crippen LogP contribution in [0.25, 0.3) is 5.69 Å². The van der Waals surface area contributed by atoms with Crippen molar-refractivity contribution in [2.24, 2.45) is 11.5 Å². The first kappa shape index (κ1) is 32.5. The summed E-state index contributed by atoms with van der Waals surface area (Å²) in [7, 11) is 0. The average Bonchev–Trinajstić information content (AvgIpc) is 2.96. The minimum Gasteiger partial charge on any atom is -0.394 e. The molecule has 13 heteroatoms. The van der Waals surface area contributed by atoms with E-state index in [9.17, 15) is 19.5 Å². The van der Waals surface area contributed by atoms with E-state index in [1.807, 2.05) is 24.3 Å². The molecule has 0 bridgehead atoms. The molecular formula is C28H43ClN8O4. The van der Waals surface area contributed by atoms with Crippen LogP contribution in [0.4, 0.5) is 10.6 Å². The van der Waals surface area contributed by atoms with Gasteiger partial charge in [0.1, 0.15) is 11.4 Å². The molecule has 226 valence electrons. The third-order valence-corrected chi connectivity index (χ3v) is 7.97. The summed E-state index contributed by atoms with van der Waals surface area (Å²) in [6.07, 6.45) is 6.00. The highest BCUT2D eigenvalue weighted by Gasteiger charge is 2.34. The second-order valence-corrected chi connectivity index (χ2v) is 11.0. The lowest BCUT2D eigenvalue weighted by Crippen LogP contribution is -2.60. The molecule has 1 unspecified atom stereocenters. The number of anilines is 1. The Morgan fingerprint density at radius 1 is 1.07 bits per heavy atom. The van der Waals surface area contributed by atoms with E-state index in [1.165, 1.54) is 22.0 Å². The van der Waals surface area contributed by atoms with Crippen molar-refractivity contribution in [3.63, 3.8) is 0 Å². The largest absolute Gasteiger partial charge is 0.394 e. The highest BCUT2D eigenvalue weighted by molar-refractivity contribution is 5.89. The van der Waals surface area contributed by atoms with Crippen LogP contribution in [0.3, 0.4) is 0 Å². The molecule has 3 amide bonds. The molecule has 0 radical (unpaired) electrons. The van der Waals surface area contributed by atoms with Gasteiger partial charge < -0.3 is 26.4 Å². The summed E-state index contributed by atoms with van der Waals surface area (Å²) in [6.45, 7) is 6.23. The predicted octanol–water partition coefficient (Wildman–Crippen LogP) is 1.13. The van der Waals surface area contributed by atoms with Crippen LogP contribution in [-0.2, 0) is 11.3 Å². The van der Waals surface area contributed by atoms with E-state index in [1.54, 1.807) is 17.2 Å². The summed E-state index contributed by atoms with van der Waals surface area (Å²) < 4.78 is 1.44. The molecule has 2 heterocycles. The average molecular weight is 591 g/mol. The van der Waals surface area contributed by atoms with Gasteiger partial charge in [0, 0.05) is 51.0 Å². The fourth-order valence-corrected chi connectivity index (χ4v) is 5.36. The molecule has 2 fully saturated rings. The number of carbonyl (C=O) groups excluding carboxylic acids is 2. The lowest BCUT2D eigenvalue weighted by molar-refractivity contribution is -0.139. The summed E-state index contributed by atoms with van der Waals surface area (Å²) >= 11 is 0. The van der Waals surface area contributed by atoms with Crippen molar-refractivity contribution in [3.8, 4) is 5.69 Å². The number of carbonyl (C=O) groups is 2. The second-order valence-electron chi connectivity index (χ2n) is 11.0. The van der Waals surface area contributed by atoms with E-state index in [4.69, 9.17) is 11.5 Å². The van der Waals surface area contributed by atoms with Crippen molar-refractivity contribution in [1.29, 1.82) is 0 Å². The summed E-state index contributed by atoms with van der Waals surface area (Å²) in [4.78, 5) is 47.6. The molecule has 1 saturated carbocycles.